The molecular formula is C31H37ClN2O4S. The molecule has 208 valence electrons. The number of carbonyl (C=O) groups excluding carboxylic acids is 1. The fourth-order valence-corrected chi connectivity index (χ4v) is 7.90. The van der Waals surface area contributed by atoms with Crippen LogP contribution in [0.2, 0.25) is 5.02 Å². The van der Waals surface area contributed by atoms with Gasteiger partial charge >= 0.3 is 0 Å². The van der Waals surface area contributed by atoms with Crippen molar-refractivity contribution in [2.75, 3.05) is 30.9 Å². The van der Waals surface area contributed by atoms with Crippen LogP contribution in [0.25, 0.3) is 0 Å². The van der Waals surface area contributed by atoms with Gasteiger partial charge in [0, 0.05) is 47.1 Å². The van der Waals surface area contributed by atoms with Gasteiger partial charge in [-0.05, 0) is 96.7 Å². The lowest BCUT2D eigenvalue weighted by Crippen LogP contribution is -2.31. The molecule has 4 aliphatic rings. The third-order valence-corrected chi connectivity index (χ3v) is 10.6. The molecule has 2 aliphatic carbocycles. The SMILES string of the molecule is CO[C@H]1/C=C/C[C@H](C)C/[SH](=O)=N\C(=O)c2ccc3c(c2)N(Cc2ccc(Cl)cc2CCCCO3)C[C@@]23CC2[C@@H]13. The first kappa shape index (κ1) is 26.9. The summed E-state index contributed by atoms with van der Waals surface area (Å²) in [4.78, 5) is 15.5. The second-order valence-electron chi connectivity index (χ2n) is 11.7. The molecule has 0 saturated heterocycles. The third kappa shape index (κ3) is 5.50. The Kier molecular flexibility index (Phi) is 7.51. The molecule has 6 rings (SSSR count). The van der Waals surface area contributed by atoms with Crippen molar-refractivity contribution in [3.05, 3.63) is 70.3 Å². The predicted molar refractivity (Wildman–Crippen MR) is 156 cm³/mol. The van der Waals surface area contributed by atoms with Crippen LogP contribution in [0.15, 0.2) is 52.9 Å². The maximum absolute atomic E-state index is 13.2. The molecule has 2 fully saturated rings. The number of fused-ring (bicyclic) bond motifs is 3. The molecule has 2 heterocycles. The zero-order valence-corrected chi connectivity index (χ0v) is 24.3. The van der Waals surface area contributed by atoms with Crippen molar-refractivity contribution in [3.63, 3.8) is 0 Å². The molecule has 1 amide bonds. The second kappa shape index (κ2) is 10.9. The van der Waals surface area contributed by atoms with Gasteiger partial charge in [0.2, 0.25) is 0 Å². The van der Waals surface area contributed by atoms with E-state index in [0.29, 0.717) is 36.3 Å². The van der Waals surface area contributed by atoms with E-state index in [1.54, 1.807) is 13.2 Å². The summed E-state index contributed by atoms with van der Waals surface area (Å²) < 4.78 is 29.1. The molecule has 2 bridgehead atoms. The lowest BCUT2D eigenvalue weighted by atomic mass is 9.96. The highest BCUT2D eigenvalue weighted by Gasteiger charge is 2.80. The van der Waals surface area contributed by atoms with Crippen LogP contribution in [0.4, 0.5) is 5.69 Å². The van der Waals surface area contributed by atoms with Crippen LogP contribution in [-0.4, -0.2) is 42.2 Å². The third-order valence-electron chi connectivity index (χ3n) is 8.99. The highest BCUT2D eigenvalue weighted by atomic mass is 35.5. The first-order chi connectivity index (χ1) is 18.9. The van der Waals surface area contributed by atoms with Crippen LogP contribution in [0.5, 0.6) is 5.75 Å². The van der Waals surface area contributed by atoms with Crippen LogP contribution in [0.3, 0.4) is 0 Å². The number of amides is 1. The number of benzene rings is 2. The summed E-state index contributed by atoms with van der Waals surface area (Å²) >= 11 is 6.41. The quantitative estimate of drug-likeness (QED) is 0.332. The van der Waals surface area contributed by atoms with Gasteiger partial charge in [-0.1, -0.05) is 36.7 Å². The topological polar surface area (TPSA) is 68.2 Å². The molecule has 2 unspecified atom stereocenters. The fraction of sp³-hybridized carbons (Fsp3) is 0.516. The van der Waals surface area contributed by atoms with Crippen LogP contribution in [0, 0.1) is 23.2 Å². The predicted octanol–water partition coefficient (Wildman–Crippen LogP) is 6.11. The minimum absolute atomic E-state index is 0.0703. The number of nitrogens with zero attached hydrogens (tertiary/aromatic N) is 2. The number of rotatable bonds is 1. The number of methoxy groups -OCH3 is 1. The number of carbonyl (C=O) groups is 1. The Bertz CT molecular complexity index is 1390. The summed E-state index contributed by atoms with van der Waals surface area (Å²) in [5.41, 5.74) is 4.05. The van der Waals surface area contributed by atoms with Crippen molar-refractivity contribution in [1.29, 1.82) is 0 Å². The maximum Gasteiger partial charge on any atom is 0.284 e. The Morgan fingerprint density at radius 3 is 2.87 bits per heavy atom. The average molecular weight is 569 g/mol. The highest BCUT2D eigenvalue weighted by Crippen LogP contribution is 2.81. The van der Waals surface area contributed by atoms with E-state index in [1.807, 2.05) is 18.2 Å². The van der Waals surface area contributed by atoms with Crippen molar-refractivity contribution in [2.45, 2.75) is 51.7 Å². The highest BCUT2D eigenvalue weighted by molar-refractivity contribution is 7.75. The fourth-order valence-electron chi connectivity index (χ4n) is 6.63. The summed E-state index contributed by atoms with van der Waals surface area (Å²) in [6.07, 6.45) is 9.28. The van der Waals surface area contributed by atoms with Crippen LogP contribution in [-0.2, 0) is 28.3 Å². The molecule has 2 aromatic rings. The summed E-state index contributed by atoms with van der Waals surface area (Å²) in [5.74, 6) is 2.02. The Labute approximate surface area is 237 Å². The second-order valence-corrected chi connectivity index (χ2v) is 13.4. The van der Waals surface area contributed by atoms with Gasteiger partial charge < -0.3 is 14.4 Å². The van der Waals surface area contributed by atoms with Crippen molar-refractivity contribution in [1.82, 2.24) is 0 Å². The summed E-state index contributed by atoms with van der Waals surface area (Å²) in [6, 6.07) is 11.7. The van der Waals surface area contributed by atoms with Gasteiger partial charge in [-0.2, -0.15) is 4.36 Å². The van der Waals surface area contributed by atoms with E-state index < -0.39 is 16.5 Å². The number of hydrogen-bond acceptors (Lipinski definition) is 5. The first-order valence-corrected chi connectivity index (χ1v) is 15.8. The molecule has 6 atom stereocenters. The van der Waals surface area contributed by atoms with Gasteiger partial charge in [0.25, 0.3) is 5.91 Å². The Morgan fingerprint density at radius 2 is 2.05 bits per heavy atom. The molecule has 6 nitrogen and oxygen atoms in total. The molecule has 0 radical (unpaired) electrons. The maximum atomic E-state index is 13.2. The summed E-state index contributed by atoms with van der Waals surface area (Å²) in [7, 11) is -0.190. The van der Waals surface area contributed by atoms with E-state index >= 15 is 0 Å². The van der Waals surface area contributed by atoms with E-state index in [2.05, 4.69) is 40.5 Å². The number of aryl methyl sites for hydroxylation is 1. The van der Waals surface area contributed by atoms with E-state index in [1.165, 1.54) is 17.5 Å². The molecule has 0 N–H and O–H groups in total. The van der Waals surface area contributed by atoms with Crippen molar-refractivity contribution >= 4 is 33.8 Å². The molecule has 2 saturated carbocycles. The average Bonchev–Trinajstić information content (AvgIpc) is 3.77. The van der Waals surface area contributed by atoms with E-state index in [0.717, 1.165) is 48.7 Å². The number of ether oxygens (including phenoxy) is 2. The largest absolute Gasteiger partial charge is 0.491 e. The molecule has 2 aromatic carbocycles. The monoisotopic (exact) mass is 568 g/mol. The van der Waals surface area contributed by atoms with Gasteiger partial charge in [0.15, 0.2) is 0 Å². The van der Waals surface area contributed by atoms with Gasteiger partial charge in [-0.3, -0.25) is 9.00 Å². The van der Waals surface area contributed by atoms with Gasteiger partial charge in [0.05, 0.1) is 18.4 Å². The first-order valence-electron chi connectivity index (χ1n) is 14.1. The summed E-state index contributed by atoms with van der Waals surface area (Å²) in [6.45, 7) is 4.20. The minimum atomic E-state index is -1.99. The molecule has 0 aromatic heterocycles. The normalized spacial score (nSPS) is 33.7. The van der Waals surface area contributed by atoms with E-state index in [-0.39, 0.29) is 17.4 Å². The zero-order valence-electron chi connectivity index (χ0n) is 22.6. The number of allylic oxidation sites excluding steroid dienone is 1. The van der Waals surface area contributed by atoms with Crippen molar-refractivity contribution < 1.29 is 18.5 Å². The zero-order chi connectivity index (χ0) is 27.1. The smallest absolute Gasteiger partial charge is 0.284 e. The van der Waals surface area contributed by atoms with Gasteiger partial charge in [0.1, 0.15) is 5.75 Å². The molecule has 2 aliphatic heterocycles. The Morgan fingerprint density at radius 1 is 1.18 bits per heavy atom. The summed E-state index contributed by atoms with van der Waals surface area (Å²) in [5, 5.41) is 0.754. The Hall–Kier alpha value is -2.35. The lowest BCUT2D eigenvalue weighted by Gasteiger charge is -2.31. The van der Waals surface area contributed by atoms with Crippen molar-refractivity contribution in [2.24, 2.45) is 27.5 Å². The van der Waals surface area contributed by atoms with Crippen LogP contribution < -0.4 is 9.64 Å². The van der Waals surface area contributed by atoms with Gasteiger partial charge in [-0.15, -0.1) is 0 Å². The number of hydrogen-bond donors (Lipinski definition) is 1. The van der Waals surface area contributed by atoms with Crippen LogP contribution in [0.1, 0.15) is 54.1 Å². The lowest BCUT2D eigenvalue weighted by molar-refractivity contribution is 0.0965. The van der Waals surface area contributed by atoms with Crippen molar-refractivity contribution in [3.8, 4) is 5.75 Å². The van der Waals surface area contributed by atoms with Crippen LogP contribution >= 0.6 is 11.6 Å². The minimum Gasteiger partial charge on any atom is -0.491 e. The number of thiol groups is 1. The Balaban J connectivity index is 1.45. The molecule has 8 heteroatoms. The standard InChI is InChI=1S/C31H37ClN2O4S/c1-20-6-5-8-28(37-2)29-25-16-31(25,29)19-34-17-23-9-11-24(32)14-21(23)7-3-4-13-38-27-12-10-22(15-26(27)34)30(35)33-39(36)18-20/h5,8-12,14-15,20,25,28-29,39H,3-4,6-7,13,16-19H2,1-2H3/b8-5+/t20-,25?,28-,29-,31-/m0/s1. The van der Waals surface area contributed by atoms with Gasteiger partial charge in [-0.25, -0.2) is 0 Å². The molecular weight excluding hydrogens is 532 g/mol. The number of halogens is 1. The van der Waals surface area contributed by atoms with E-state index in [9.17, 15) is 9.00 Å². The molecule has 1 spiro atoms. The molecule has 39 heavy (non-hydrogen) atoms. The van der Waals surface area contributed by atoms with E-state index in [4.69, 9.17) is 21.1 Å². The number of anilines is 1.